The van der Waals surface area contributed by atoms with E-state index < -0.39 is 17.7 Å². The summed E-state index contributed by atoms with van der Waals surface area (Å²) in [5.41, 5.74) is 29.4. The minimum atomic E-state index is -0.916. The van der Waals surface area contributed by atoms with E-state index in [0.717, 1.165) is 118 Å². The van der Waals surface area contributed by atoms with Gasteiger partial charge in [-0.3, -0.25) is 19.6 Å². The number of amides is 1. The number of thioether (sulfide) groups is 1. The second kappa shape index (κ2) is 43.6. The molecule has 12 fully saturated rings. The Morgan fingerprint density at radius 2 is 1.03 bits per heavy atom. The molecule has 6 N–H and O–H groups in total. The first-order valence-electron chi connectivity index (χ1n) is 46.1. The standard InChI is InChI=1S/C22H26N2O4S.C17H22N2O.C17H21NO.C16H19ClN2.2C12H21N.C10H17N/c1-15(25)28-20-21(16-9-11-17(27-4)12-10-16)29-19-8-6-5-7-18(19)24(22(20)26)14-13-23(2)3;1-17(20-14-13-19(2)3,15-9-5-4-6-10-15)16-11-7-8-12-18-16;1-18(2)13-14-19-17(15-9-5-3-6-10-15)16-11-7-4-8-12-16;1-19(2)12-10-15(16-5-3-4-11-18-16)13-6-8-14(17)9-7-13;1-10-3-9-4-11(2,6-10)8-12(13,5-9)7-10;1-8(13)12-5-9-2-10(6-12)4-11(3-9)7-12;11-10-4-7-1-8(5-10)3-9(2-7)6-10/h5-12,20-21H,13-14H2,1-4H3;4-12H,13-14H2,1-3H3;3-12,17H,13-14H2,1-2H3;3-9,11,15H,10,12H2,1-2H3;9H,3-8,13H2,1-2H3;8-11H,2-7,13H2,1H3;7-9H,1-6,11H2/t20-,21+;17-;;;9?,10-,11?,12?;;/m11..0../s1. The number of carbonyl (C=O) groups excluding carboxylic acids is 2. The molecule has 16 nitrogen and oxygen atoms in total. The first-order valence-corrected chi connectivity index (χ1v) is 47.3. The van der Waals surface area contributed by atoms with Gasteiger partial charge in [-0.1, -0.05) is 165 Å². The summed E-state index contributed by atoms with van der Waals surface area (Å²) in [6.07, 6.45) is 29.6. The highest BCUT2D eigenvalue weighted by atomic mass is 35.5. The smallest absolute Gasteiger partial charge is 0.303 e. The number of aromatic nitrogens is 2. The molecule has 8 aromatic rings. The Balaban J connectivity index is 0.000000134. The number of likely N-dealkylation sites (N-methyl/N-ethyl adjacent to an activating group) is 3. The molecule has 3 heterocycles. The average Bonchev–Trinajstić information content (AvgIpc) is 0.813. The third-order valence-corrected chi connectivity index (χ3v) is 29.8. The zero-order chi connectivity index (χ0) is 88.4. The van der Waals surface area contributed by atoms with Crippen LogP contribution in [-0.2, 0) is 29.4 Å². The fraction of sp³-hybridized carbons (Fsp3) is 0.547. The predicted octanol–water partition coefficient (Wildman–Crippen LogP) is 20.6. The fourth-order valence-corrected chi connectivity index (χ4v) is 25.4. The van der Waals surface area contributed by atoms with Gasteiger partial charge >= 0.3 is 5.97 Å². The zero-order valence-electron chi connectivity index (χ0n) is 77.1. The lowest BCUT2D eigenvalue weighted by atomic mass is 9.43. The Bertz CT molecular complexity index is 4370. The largest absolute Gasteiger partial charge is 0.497 e. The first-order chi connectivity index (χ1) is 59.3. The molecule has 9 atom stereocenters. The number of halogens is 1. The summed E-state index contributed by atoms with van der Waals surface area (Å²) >= 11 is 7.51. The Kier molecular flexibility index (Phi) is 33.7. The van der Waals surface area contributed by atoms with Crippen molar-refractivity contribution in [1.82, 2.24) is 29.6 Å². The number of anilines is 1. The number of fused-ring (bicyclic) bond motifs is 1. The van der Waals surface area contributed by atoms with Crippen LogP contribution in [0, 0.1) is 57.7 Å². The normalized spacial score (nSPS) is 28.3. The van der Waals surface area contributed by atoms with E-state index in [4.69, 9.17) is 47.7 Å². The maximum absolute atomic E-state index is 13.6. The van der Waals surface area contributed by atoms with E-state index in [-0.39, 0.29) is 22.8 Å². The molecule has 13 aliphatic rings. The van der Waals surface area contributed by atoms with Crippen LogP contribution in [-0.4, -0.2) is 174 Å². The van der Waals surface area contributed by atoms with Gasteiger partial charge in [-0.2, -0.15) is 0 Å². The van der Waals surface area contributed by atoms with Crippen LogP contribution in [0.4, 0.5) is 5.69 Å². The summed E-state index contributed by atoms with van der Waals surface area (Å²) < 4.78 is 23.1. The maximum atomic E-state index is 13.6. The SMILES string of the molecule is CC(N)C12CC3CC(CC(C3)C1)C2.CC12CC3CC(N)(C1)C[C@@](C)(C3)C2.CN(C)CCC(c1ccc(Cl)cc1)c1ccccn1.CN(C)CCOC(c1ccccc1)c1ccccc1.CN(C)CCO[C@](C)(c1ccccc1)c1ccccn1.COc1ccc([C@@H]2Sc3ccccc3N(CCN(C)C)C(=O)[C@@H]2OC(C)=O)cc1.NC12CC3CC(CC(C3)C1)C2. The molecule has 12 bridgehead atoms. The average molecular weight is 1720 g/mol. The molecular formula is C106H147ClN10O6S. The van der Waals surface area contributed by atoms with Crippen LogP contribution in [0.25, 0.3) is 0 Å². The number of nitrogens with zero attached hydrogens (tertiary/aromatic N) is 7. The van der Waals surface area contributed by atoms with Crippen molar-refractivity contribution in [3.63, 3.8) is 0 Å². The molecule has 1 aliphatic heterocycles. The summed E-state index contributed by atoms with van der Waals surface area (Å²) in [7, 11) is 17.9. The van der Waals surface area contributed by atoms with Gasteiger partial charge in [0.15, 0.2) is 6.10 Å². The molecule has 5 unspecified atom stereocenters. The van der Waals surface area contributed by atoms with E-state index in [2.05, 4.69) is 159 Å². The molecule has 12 saturated carbocycles. The van der Waals surface area contributed by atoms with Gasteiger partial charge in [-0.05, 0) is 345 Å². The van der Waals surface area contributed by atoms with Gasteiger partial charge in [0.1, 0.15) is 17.5 Å². The van der Waals surface area contributed by atoms with Crippen molar-refractivity contribution in [3.8, 4) is 5.75 Å². The Hall–Kier alpha value is -7.36. The lowest BCUT2D eigenvalue weighted by Gasteiger charge is -2.64. The van der Waals surface area contributed by atoms with Crippen molar-refractivity contribution in [2.24, 2.45) is 74.9 Å². The maximum Gasteiger partial charge on any atom is 0.303 e. The van der Waals surface area contributed by atoms with Crippen molar-refractivity contribution >= 4 is 40.9 Å². The minimum absolute atomic E-state index is 0.0161. The van der Waals surface area contributed by atoms with E-state index in [1.807, 2.05) is 167 Å². The second-order valence-electron chi connectivity index (χ2n) is 40.5. The number of pyridine rings is 2. The molecule has 124 heavy (non-hydrogen) atoms. The molecular weight excluding hydrogens is 1580 g/mol. The van der Waals surface area contributed by atoms with E-state index in [1.165, 1.54) is 139 Å². The number of benzene rings is 6. The summed E-state index contributed by atoms with van der Waals surface area (Å²) in [6.45, 7) is 16.0. The number of ether oxygens (including phenoxy) is 4. The zero-order valence-corrected chi connectivity index (χ0v) is 78.7. The second-order valence-corrected chi connectivity index (χ2v) is 42.2. The van der Waals surface area contributed by atoms with Crippen molar-refractivity contribution in [3.05, 3.63) is 257 Å². The van der Waals surface area contributed by atoms with E-state index in [0.29, 0.717) is 53.4 Å². The summed E-state index contributed by atoms with van der Waals surface area (Å²) in [5, 5.41) is 0.416. The Labute approximate surface area is 753 Å². The fourth-order valence-electron chi connectivity index (χ4n) is 24.0. The topological polar surface area (TPSA) is 191 Å². The van der Waals surface area contributed by atoms with Gasteiger partial charge in [0.2, 0.25) is 0 Å². The summed E-state index contributed by atoms with van der Waals surface area (Å²) in [6, 6.07) is 66.9. The van der Waals surface area contributed by atoms with E-state index in [9.17, 15) is 9.59 Å². The highest BCUT2D eigenvalue weighted by Gasteiger charge is 2.59. The Morgan fingerprint density at radius 1 is 0.548 bits per heavy atom. The first kappa shape index (κ1) is 95.7. The molecule has 2 aromatic heterocycles. The minimum Gasteiger partial charge on any atom is -0.497 e. The molecule has 12 aliphatic carbocycles. The van der Waals surface area contributed by atoms with Gasteiger partial charge in [0, 0.05) is 84.1 Å². The van der Waals surface area contributed by atoms with Gasteiger partial charge in [0.25, 0.3) is 5.91 Å². The molecule has 21 rings (SSSR count). The van der Waals surface area contributed by atoms with Crippen LogP contribution in [0.15, 0.2) is 217 Å². The number of hydrogen-bond donors (Lipinski definition) is 3. The van der Waals surface area contributed by atoms with Crippen LogP contribution in [0.2, 0.25) is 5.02 Å². The molecule has 0 radical (unpaired) electrons. The summed E-state index contributed by atoms with van der Waals surface area (Å²) in [5.74, 6) is 7.55. The van der Waals surface area contributed by atoms with Gasteiger partial charge < -0.3 is 60.6 Å². The van der Waals surface area contributed by atoms with Crippen LogP contribution in [0.5, 0.6) is 5.75 Å². The number of para-hydroxylation sites is 1. The number of rotatable bonds is 24. The van der Waals surface area contributed by atoms with E-state index in [1.54, 1.807) is 23.8 Å². The molecule has 670 valence electrons. The predicted molar refractivity (Wildman–Crippen MR) is 510 cm³/mol. The van der Waals surface area contributed by atoms with Crippen molar-refractivity contribution in [1.29, 1.82) is 0 Å². The highest BCUT2D eigenvalue weighted by molar-refractivity contribution is 7.99. The number of nitrogens with two attached hydrogens (primary N) is 3. The third kappa shape index (κ3) is 26.2. The number of carbonyl (C=O) groups is 2. The van der Waals surface area contributed by atoms with Crippen molar-refractivity contribution < 1.29 is 28.5 Å². The highest BCUT2D eigenvalue weighted by Crippen LogP contribution is 2.66. The quantitative estimate of drug-likeness (QED) is 0.0484. The number of esters is 1. The van der Waals surface area contributed by atoms with Crippen LogP contribution in [0.1, 0.15) is 213 Å². The van der Waals surface area contributed by atoms with Crippen LogP contribution < -0.4 is 26.8 Å². The van der Waals surface area contributed by atoms with Crippen LogP contribution in [0.3, 0.4) is 0 Å². The summed E-state index contributed by atoms with van der Waals surface area (Å²) in [4.78, 5) is 45.6. The third-order valence-electron chi connectivity index (χ3n) is 28.1. The van der Waals surface area contributed by atoms with Crippen molar-refractivity contribution in [2.75, 3.05) is 114 Å². The van der Waals surface area contributed by atoms with Crippen molar-refractivity contribution in [2.45, 2.75) is 208 Å². The van der Waals surface area contributed by atoms with Crippen LogP contribution >= 0.6 is 23.4 Å². The lowest BCUT2D eigenvalue weighted by Crippen LogP contribution is -2.62. The lowest BCUT2D eigenvalue weighted by molar-refractivity contribution is -0.152. The van der Waals surface area contributed by atoms with E-state index >= 15 is 0 Å². The molecule has 6 aromatic carbocycles. The molecule has 0 saturated heterocycles. The molecule has 18 heteroatoms. The van der Waals surface area contributed by atoms with Gasteiger partial charge in [0.05, 0.1) is 37.0 Å². The number of methoxy groups -OCH3 is 1. The Morgan fingerprint density at radius 3 is 1.50 bits per heavy atom. The molecule has 0 spiro atoms. The van der Waals surface area contributed by atoms with Gasteiger partial charge in [-0.25, -0.2) is 0 Å². The van der Waals surface area contributed by atoms with Gasteiger partial charge in [-0.15, -0.1) is 11.8 Å². The monoisotopic (exact) mass is 1720 g/mol. The molecule has 1 amide bonds. The number of hydrogen-bond acceptors (Lipinski definition) is 16.